The van der Waals surface area contributed by atoms with Crippen LogP contribution in [-0.4, -0.2) is 11.2 Å². The topological polar surface area (TPSA) is 20.2 Å². The van der Waals surface area contributed by atoms with Gasteiger partial charge in [0.25, 0.3) is 0 Å². The standard InChI is InChI=1S/C7H14O.C3H8/c1-6-4-2-3-5-7(6)8;1-3-2/h6-8H,2-5H2,1H3;3H2,1-2H3/t6-,7-;/m1./s1. The van der Waals surface area contributed by atoms with Gasteiger partial charge in [-0.3, -0.25) is 0 Å². The van der Waals surface area contributed by atoms with E-state index in [0.717, 1.165) is 6.42 Å². The third kappa shape index (κ3) is 5.25. The second-order valence-corrected chi connectivity index (χ2v) is 3.54. The molecule has 0 bridgehead atoms. The maximum absolute atomic E-state index is 9.18. The minimum atomic E-state index is 0.00347. The van der Waals surface area contributed by atoms with Crippen LogP contribution in [0.25, 0.3) is 0 Å². The van der Waals surface area contributed by atoms with Crippen molar-refractivity contribution < 1.29 is 5.11 Å². The van der Waals surface area contributed by atoms with E-state index in [1.54, 1.807) is 0 Å². The van der Waals surface area contributed by atoms with Gasteiger partial charge in [-0.05, 0) is 18.8 Å². The summed E-state index contributed by atoms with van der Waals surface area (Å²) < 4.78 is 0. The Morgan fingerprint density at radius 2 is 1.64 bits per heavy atom. The molecule has 68 valence electrons. The molecular weight excluding hydrogens is 136 g/mol. The first-order valence-corrected chi connectivity index (χ1v) is 4.90. The highest BCUT2D eigenvalue weighted by Gasteiger charge is 2.17. The lowest BCUT2D eigenvalue weighted by molar-refractivity contribution is 0.0793. The van der Waals surface area contributed by atoms with Crippen LogP contribution in [0, 0.1) is 5.92 Å². The summed E-state index contributed by atoms with van der Waals surface area (Å²) in [4.78, 5) is 0. The molecule has 1 aliphatic carbocycles. The van der Waals surface area contributed by atoms with E-state index in [-0.39, 0.29) is 6.10 Å². The molecule has 0 aromatic carbocycles. The fraction of sp³-hybridized carbons (Fsp3) is 1.00. The summed E-state index contributed by atoms with van der Waals surface area (Å²) in [6.45, 7) is 6.38. The van der Waals surface area contributed by atoms with Crippen molar-refractivity contribution in [3.05, 3.63) is 0 Å². The minimum Gasteiger partial charge on any atom is -0.393 e. The molecule has 1 N–H and O–H groups in total. The van der Waals surface area contributed by atoms with E-state index < -0.39 is 0 Å². The van der Waals surface area contributed by atoms with Crippen molar-refractivity contribution in [3.8, 4) is 0 Å². The highest BCUT2D eigenvalue weighted by molar-refractivity contribution is 4.69. The molecule has 1 saturated carbocycles. The Morgan fingerprint density at radius 3 is 1.91 bits per heavy atom. The summed E-state index contributed by atoms with van der Waals surface area (Å²) in [5.74, 6) is 0.559. The molecule has 0 aromatic rings. The predicted molar refractivity (Wildman–Crippen MR) is 49.6 cm³/mol. The van der Waals surface area contributed by atoms with Crippen LogP contribution in [0.3, 0.4) is 0 Å². The average Bonchev–Trinajstić information content (AvgIpc) is 1.97. The molecule has 0 aliphatic heterocycles. The van der Waals surface area contributed by atoms with Crippen LogP contribution in [0.5, 0.6) is 0 Å². The summed E-state index contributed by atoms with van der Waals surface area (Å²) in [5.41, 5.74) is 0. The van der Waals surface area contributed by atoms with Crippen molar-refractivity contribution in [2.75, 3.05) is 0 Å². The van der Waals surface area contributed by atoms with Gasteiger partial charge in [0.1, 0.15) is 0 Å². The van der Waals surface area contributed by atoms with Crippen LogP contribution >= 0.6 is 0 Å². The van der Waals surface area contributed by atoms with Crippen LogP contribution < -0.4 is 0 Å². The second kappa shape index (κ2) is 6.66. The fourth-order valence-corrected chi connectivity index (χ4v) is 1.30. The molecule has 0 spiro atoms. The van der Waals surface area contributed by atoms with E-state index in [4.69, 9.17) is 0 Å². The molecule has 2 atom stereocenters. The lowest BCUT2D eigenvalue weighted by Gasteiger charge is -2.23. The molecule has 0 saturated heterocycles. The molecule has 1 aliphatic rings. The van der Waals surface area contributed by atoms with Crippen LogP contribution in [0.1, 0.15) is 52.9 Å². The van der Waals surface area contributed by atoms with Gasteiger partial charge in [0.15, 0.2) is 0 Å². The van der Waals surface area contributed by atoms with E-state index in [2.05, 4.69) is 20.8 Å². The van der Waals surface area contributed by atoms with E-state index >= 15 is 0 Å². The van der Waals surface area contributed by atoms with E-state index in [0.29, 0.717) is 5.92 Å². The first-order chi connectivity index (χ1) is 5.22. The van der Waals surface area contributed by atoms with Crippen molar-refractivity contribution in [3.63, 3.8) is 0 Å². The zero-order chi connectivity index (χ0) is 8.69. The molecule has 1 fully saturated rings. The Morgan fingerprint density at radius 1 is 1.18 bits per heavy atom. The number of aliphatic hydroxyl groups is 1. The van der Waals surface area contributed by atoms with Gasteiger partial charge in [0.05, 0.1) is 6.10 Å². The van der Waals surface area contributed by atoms with Gasteiger partial charge >= 0.3 is 0 Å². The predicted octanol–water partition coefficient (Wildman–Crippen LogP) is 2.97. The zero-order valence-corrected chi connectivity index (χ0v) is 8.14. The molecule has 0 heterocycles. The van der Waals surface area contributed by atoms with E-state index in [1.165, 1.54) is 25.7 Å². The molecule has 1 heteroatoms. The van der Waals surface area contributed by atoms with Gasteiger partial charge in [-0.1, -0.05) is 40.0 Å². The van der Waals surface area contributed by atoms with Crippen LogP contribution in [0.4, 0.5) is 0 Å². The summed E-state index contributed by atoms with van der Waals surface area (Å²) in [7, 11) is 0. The Bertz CT molecular complexity index is 70.9. The summed E-state index contributed by atoms with van der Waals surface area (Å²) in [6, 6.07) is 0. The molecule has 0 radical (unpaired) electrons. The normalized spacial score (nSPS) is 30.5. The van der Waals surface area contributed by atoms with Gasteiger partial charge in [-0.15, -0.1) is 0 Å². The van der Waals surface area contributed by atoms with Gasteiger partial charge in [-0.2, -0.15) is 0 Å². The number of hydrogen-bond donors (Lipinski definition) is 1. The quantitative estimate of drug-likeness (QED) is 0.574. The molecule has 0 amide bonds. The maximum Gasteiger partial charge on any atom is 0.0565 e. The van der Waals surface area contributed by atoms with Gasteiger partial charge in [-0.25, -0.2) is 0 Å². The molecular formula is C10H22O. The Kier molecular flexibility index (Phi) is 6.63. The van der Waals surface area contributed by atoms with Crippen LogP contribution in [0.15, 0.2) is 0 Å². The maximum atomic E-state index is 9.18. The monoisotopic (exact) mass is 158 g/mol. The smallest absolute Gasteiger partial charge is 0.0565 e. The van der Waals surface area contributed by atoms with Gasteiger partial charge in [0.2, 0.25) is 0 Å². The lowest BCUT2D eigenvalue weighted by Crippen LogP contribution is -2.21. The third-order valence-corrected chi connectivity index (χ3v) is 2.07. The Labute approximate surface area is 70.8 Å². The first-order valence-electron chi connectivity index (χ1n) is 4.90. The molecule has 11 heavy (non-hydrogen) atoms. The van der Waals surface area contributed by atoms with Crippen molar-refractivity contribution in [1.29, 1.82) is 0 Å². The zero-order valence-electron chi connectivity index (χ0n) is 8.14. The number of aliphatic hydroxyl groups excluding tert-OH is 1. The van der Waals surface area contributed by atoms with E-state index in [1.807, 2.05) is 0 Å². The van der Waals surface area contributed by atoms with Crippen molar-refractivity contribution in [2.24, 2.45) is 5.92 Å². The summed E-state index contributed by atoms with van der Waals surface area (Å²) in [5, 5.41) is 9.18. The fourth-order valence-electron chi connectivity index (χ4n) is 1.30. The number of hydrogen-bond acceptors (Lipinski definition) is 1. The van der Waals surface area contributed by atoms with Gasteiger partial charge in [0, 0.05) is 0 Å². The molecule has 1 rings (SSSR count). The molecule has 0 unspecified atom stereocenters. The highest BCUT2D eigenvalue weighted by atomic mass is 16.3. The summed E-state index contributed by atoms with van der Waals surface area (Å²) in [6.07, 6.45) is 6.05. The van der Waals surface area contributed by atoms with E-state index in [9.17, 15) is 5.11 Å². The highest BCUT2D eigenvalue weighted by Crippen LogP contribution is 2.22. The Balaban J connectivity index is 0.000000292. The van der Waals surface area contributed by atoms with Crippen LogP contribution in [0.2, 0.25) is 0 Å². The third-order valence-electron chi connectivity index (χ3n) is 2.07. The summed E-state index contributed by atoms with van der Waals surface area (Å²) >= 11 is 0. The minimum absolute atomic E-state index is 0.00347. The number of rotatable bonds is 0. The van der Waals surface area contributed by atoms with Crippen molar-refractivity contribution in [2.45, 2.75) is 59.0 Å². The first kappa shape index (κ1) is 11.0. The largest absolute Gasteiger partial charge is 0.393 e. The van der Waals surface area contributed by atoms with Crippen LogP contribution in [-0.2, 0) is 0 Å². The van der Waals surface area contributed by atoms with Crippen molar-refractivity contribution >= 4 is 0 Å². The SMILES string of the molecule is CCC.C[C@@H]1CCCC[C@H]1O. The van der Waals surface area contributed by atoms with Gasteiger partial charge < -0.3 is 5.11 Å². The van der Waals surface area contributed by atoms with Crippen molar-refractivity contribution in [1.82, 2.24) is 0 Å². The lowest BCUT2D eigenvalue weighted by atomic mass is 9.88. The second-order valence-electron chi connectivity index (χ2n) is 3.54. The Hall–Kier alpha value is -0.0400. The molecule has 1 nitrogen and oxygen atoms in total. The average molecular weight is 158 g/mol. The molecule has 0 aromatic heterocycles.